The normalized spacial score (nSPS) is 12.2. The van der Waals surface area contributed by atoms with Gasteiger partial charge in [-0.05, 0) is 6.07 Å². The molecule has 88 valence electrons. The van der Waals surface area contributed by atoms with Crippen LogP contribution in [0.2, 0.25) is 0 Å². The van der Waals surface area contributed by atoms with E-state index in [0.717, 1.165) is 4.68 Å². The Bertz CT molecular complexity index is 398. The van der Waals surface area contributed by atoms with E-state index in [1.165, 1.54) is 6.08 Å². The Morgan fingerprint density at radius 2 is 2.12 bits per heavy atom. The van der Waals surface area contributed by atoms with Gasteiger partial charge >= 0.3 is 6.18 Å². The number of halogens is 4. The average molecular weight is 253 g/mol. The first-order valence-electron chi connectivity index (χ1n) is 4.30. The first-order chi connectivity index (χ1) is 7.49. The number of hydrogen-bond donors (Lipinski definition) is 0. The molecule has 0 aliphatic carbocycles. The predicted molar refractivity (Wildman–Crippen MR) is 52.5 cm³/mol. The Morgan fingerprint density at radius 1 is 1.44 bits per heavy atom. The number of carbonyl (C=O) groups excluding carboxylic acids is 1. The van der Waals surface area contributed by atoms with Gasteiger partial charge in [0.05, 0.1) is 6.54 Å². The number of alkyl halides is 4. The van der Waals surface area contributed by atoms with Crippen molar-refractivity contribution in [3.05, 3.63) is 29.6 Å². The van der Waals surface area contributed by atoms with Crippen LogP contribution in [0.3, 0.4) is 0 Å². The summed E-state index contributed by atoms with van der Waals surface area (Å²) in [6.07, 6.45) is -1.12. The van der Waals surface area contributed by atoms with Crippen molar-refractivity contribution in [2.45, 2.75) is 12.7 Å². The largest absolute Gasteiger partial charge is 0.435 e. The number of allylic oxidation sites excluding steroid dienone is 2. The van der Waals surface area contributed by atoms with Crippen LogP contribution < -0.4 is 0 Å². The Kier molecular flexibility index (Phi) is 4.12. The minimum absolute atomic E-state index is 0.0802. The van der Waals surface area contributed by atoms with E-state index in [1.807, 2.05) is 0 Å². The Labute approximate surface area is 94.5 Å². The molecule has 0 radical (unpaired) electrons. The number of aromatic nitrogens is 2. The molecule has 0 fully saturated rings. The molecule has 1 heterocycles. The summed E-state index contributed by atoms with van der Waals surface area (Å²) in [4.78, 5) is 10.5. The van der Waals surface area contributed by atoms with E-state index < -0.39 is 11.9 Å². The summed E-state index contributed by atoms with van der Waals surface area (Å²) >= 11 is 5.35. The molecule has 1 aromatic rings. The number of carbonyl (C=O) groups is 1. The van der Waals surface area contributed by atoms with Crippen molar-refractivity contribution in [1.82, 2.24) is 9.78 Å². The van der Waals surface area contributed by atoms with Gasteiger partial charge in [-0.3, -0.25) is 9.48 Å². The maximum absolute atomic E-state index is 12.3. The maximum atomic E-state index is 12.3. The highest BCUT2D eigenvalue weighted by atomic mass is 35.5. The summed E-state index contributed by atoms with van der Waals surface area (Å²) in [7, 11) is 0. The Morgan fingerprint density at radius 3 is 2.62 bits per heavy atom. The molecule has 0 atom stereocenters. The molecule has 0 amide bonds. The molecule has 0 N–H and O–H groups in total. The van der Waals surface area contributed by atoms with Crippen molar-refractivity contribution < 1.29 is 18.0 Å². The highest BCUT2D eigenvalue weighted by Gasteiger charge is 2.34. The van der Waals surface area contributed by atoms with Gasteiger partial charge in [0.25, 0.3) is 0 Å². The van der Waals surface area contributed by atoms with Crippen LogP contribution in [0.25, 0.3) is 0 Å². The molecule has 0 saturated heterocycles. The van der Waals surface area contributed by atoms with Crippen molar-refractivity contribution in [3.8, 4) is 0 Å². The smallest absolute Gasteiger partial charge is 0.296 e. The van der Waals surface area contributed by atoms with Crippen molar-refractivity contribution in [2.75, 3.05) is 5.88 Å². The Balaban J connectivity index is 2.95. The van der Waals surface area contributed by atoms with Gasteiger partial charge in [0, 0.05) is 5.88 Å². The molecular weight excluding hydrogens is 245 g/mol. The van der Waals surface area contributed by atoms with E-state index in [4.69, 9.17) is 11.6 Å². The molecule has 0 aromatic carbocycles. The summed E-state index contributed by atoms with van der Waals surface area (Å²) < 4.78 is 37.8. The summed E-state index contributed by atoms with van der Waals surface area (Å²) in [6, 6.07) is 0.710. The third-order valence-corrected chi connectivity index (χ3v) is 1.93. The van der Waals surface area contributed by atoms with Crippen LogP contribution in [0.4, 0.5) is 13.2 Å². The van der Waals surface area contributed by atoms with Gasteiger partial charge in [-0.15, -0.1) is 11.6 Å². The van der Waals surface area contributed by atoms with Crippen molar-refractivity contribution in [3.63, 3.8) is 0 Å². The molecule has 0 saturated carbocycles. The Hall–Kier alpha value is -1.30. The van der Waals surface area contributed by atoms with Crippen LogP contribution in [0.15, 0.2) is 18.2 Å². The zero-order valence-corrected chi connectivity index (χ0v) is 8.79. The number of hydrogen-bond acceptors (Lipinski definition) is 2. The second kappa shape index (κ2) is 5.16. The van der Waals surface area contributed by atoms with Gasteiger partial charge in [-0.2, -0.15) is 18.3 Å². The van der Waals surface area contributed by atoms with Crippen molar-refractivity contribution in [1.29, 1.82) is 0 Å². The second-order valence-corrected chi connectivity index (χ2v) is 3.19. The molecule has 0 aliphatic heterocycles. The summed E-state index contributed by atoms with van der Waals surface area (Å²) in [6.45, 7) is 0.0802. The van der Waals surface area contributed by atoms with E-state index in [0.29, 0.717) is 12.4 Å². The SMILES string of the molecule is O=Cc1cc(C(F)(F)F)nn1CC=CCCl. The van der Waals surface area contributed by atoms with Gasteiger partial charge in [0.1, 0.15) is 5.69 Å². The lowest BCUT2D eigenvalue weighted by Crippen LogP contribution is -2.08. The van der Waals surface area contributed by atoms with Crippen molar-refractivity contribution in [2.24, 2.45) is 0 Å². The molecule has 0 spiro atoms. The van der Waals surface area contributed by atoms with Crippen LogP contribution in [0.1, 0.15) is 16.2 Å². The fourth-order valence-corrected chi connectivity index (χ4v) is 1.17. The van der Waals surface area contributed by atoms with Gasteiger partial charge in [-0.1, -0.05) is 12.2 Å². The van der Waals surface area contributed by atoms with Gasteiger partial charge in [-0.25, -0.2) is 0 Å². The lowest BCUT2D eigenvalue weighted by Gasteiger charge is -2.00. The van der Waals surface area contributed by atoms with E-state index in [-0.39, 0.29) is 18.1 Å². The second-order valence-electron chi connectivity index (χ2n) is 2.88. The monoisotopic (exact) mass is 252 g/mol. The molecule has 1 aromatic heterocycles. The molecule has 7 heteroatoms. The average Bonchev–Trinajstić information content (AvgIpc) is 2.61. The zero-order valence-electron chi connectivity index (χ0n) is 8.04. The zero-order chi connectivity index (χ0) is 12.2. The van der Waals surface area contributed by atoms with Crippen molar-refractivity contribution >= 4 is 17.9 Å². The first kappa shape index (κ1) is 12.8. The standard InChI is InChI=1S/C9H8ClF3N2O/c10-3-1-2-4-15-7(6-16)5-8(14-15)9(11,12)13/h1-2,5-6H,3-4H2. The quantitative estimate of drug-likeness (QED) is 0.469. The number of rotatable bonds is 4. The topological polar surface area (TPSA) is 34.9 Å². The van der Waals surface area contributed by atoms with Crippen LogP contribution >= 0.6 is 11.6 Å². The van der Waals surface area contributed by atoms with E-state index in [1.54, 1.807) is 6.08 Å². The predicted octanol–water partition coefficient (Wildman–Crippen LogP) is 2.51. The number of nitrogens with zero attached hydrogens (tertiary/aromatic N) is 2. The first-order valence-corrected chi connectivity index (χ1v) is 4.83. The van der Waals surface area contributed by atoms with E-state index in [9.17, 15) is 18.0 Å². The third kappa shape index (κ3) is 3.10. The van der Waals surface area contributed by atoms with Gasteiger partial charge < -0.3 is 0 Å². The lowest BCUT2D eigenvalue weighted by atomic mass is 10.3. The lowest BCUT2D eigenvalue weighted by molar-refractivity contribution is -0.141. The minimum Gasteiger partial charge on any atom is -0.296 e. The van der Waals surface area contributed by atoms with Crippen LogP contribution in [0, 0.1) is 0 Å². The molecular formula is C9H8ClF3N2O. The highest BCUT2D eigenvalue weighted by Crippen LogP contribution is 2.28. The van der Waals surface area contributed by atoms with E-state index >= 15 is 0 Å². The summed E-state index contributed by atoms with van der Waals surface area (Å²) in [5.74, 6) is 0.254. The van der Waals surface area contributed by atoms with Crippen LogP contribution in [0.5, 0.6) is 0 Å². The molecule has 0 unspecified atom stereocenters. The minimum atomic E-state index is -4.54. The molecule has 0 bridgehead atoms. The highest BCUT2D eigenvalue weighted by molar-refractivity contribution is 6.18. The third-order valence-electron chi connectivity index (χ3n) is 1.76. The van der Waals surface area contributed by atoms with Gasteiger partial charge in [0.2, 0.25) is 0 Å². The molecule has 3 nitrogen and oxygen atoms in total. The number of aldehydes is 1. The molecule has 16 heavy (non-hydrogen) atoms. The van der Waals surface area contributed by atoms with Gasteiger partial charge in [0.15, 0.2) is 12.0 Å². The van der Waals surface area contributed by atoms with E-state index in [2.05, 4.69) is 5.10 Å². The van der Waals surface area contributed by atoms with Crippen LogP contribution in [-0.4, -0.2) is 21.9 Å². The fourth-order valence-electron chi connectivity index (χ4n) is 1.05. The molecule has 0 aliphatic rings. The van der Waals surface area contributed by atoms with Crippen LogP contribution in [-0.2, 0) is 12.7 Å². The summed E-state index contributed by atoms with van der Waals surface area (Å²) in [5, 5.41) is 3.29. The summed E-state index contributed by atoms with van der Waals surface area (Å²) in [5.41, 5.74) is -1.19. The fraction of sp³-hybridized carbons (Fsp3) is 0.333. The molecule has 1 rings (SSSR count). The maximum Gasteiger partial charge on any atom is 0.435 e.